The van der Waals surface area contributed by atoms with Crippen molar-refractivity contribution >= 4 is 66.0 Å². The van der Waals surface area contributed by atoms with E-state index in [-0.39, 0.29) is 2.41 Å². The summed E-state index contributed by atoms with van der Waals surface area (Å²) in [5.74, 6) is 0. The Balaban J connectivity index is 2.32. The zero-order valence-corrected chi connectivity index (χ0v) is 8.95. The van der Waals surface area contributed by atoms with E-state index >= 15 is 0 Å². The molecule has 0 aliphatic carbocycles. The van der Waals surface area contributed by atoms with Crippen LogP contribution in [0.4, 0.5) is 0 Å². The van der Waals surface area contributed by atoms with Crippen LogP contribution in [0.25, 0.3) is 0 Å². The fourth-order valence-electron chi connectivity index (χ4n) is 0. The third kappa shape index (κ3) is 8.82. The SMILES string of the molecule is I[SH](I)I. The molecule has 0 saturated heterocycles. The minimum atomic E-state index is 0.290. The van der Waals surface area contributed by atoms with Crippen LogP contribution in [-0.2, 0) is 0 Å². The molecule has 0 aromatic heterocycles. The maximum atomic E-state index is 2.38. The Morgan fingerprint density at radius 2 is 1.00 bits per heavy atom. The van der Waals surface area contributed by atoms with Crippen molar-refractivity contribution in [3.63, 3.8) is 0 Å². The maximum absolute atomic E-state index is 2.38. The van der Waals surface area contributed by atoms with Gasteiger partial charge >= 0.3 is 0 Å². The van der Waals surface area contributed by atoms with Gasteiger partial charge in [0.2, 0.25) is 0 Å². The molecule has 0 atom stereocenters. The van der Waals surface area contributed by atoms with Gasteiger partial charge in [0.25, 0.3) is 0 Å². The lowest BCUT2D eigenvalue weighted by Gasteiger charge is -1.78. The minimum Gasteiger partial charge on any atom is -0.0899 e. The summed E-state index contributed by atoms with van der Waals surface area (Å²) in [7, 11) is 0. The highest BCUT2D eigenvalue weighted by molar-refractivity contribution is 14.5. The van der Waals surface area contributed by atoms with Gasteiger partial charge in [0.05, 0.1) is 0 Å². The molecule has 4 heavy (non-hydrogen) atoms. The van der Waals surface area contributed by atoms with Gasteiger partial charge < -0.3 is 0 Å². The lowest BCUT2D eigenvalue weighted by molar-refractivity contribution is 7.15. The minimum absolute atomic E-state index is 0.290. The fourth-order valence-corrected chi connectivity index (χ4v) is 0. The first-order chi connectivity index (χ1) is 1.73. The zero-order chi connectivity index (χ0) is 3.58. The molecule has 4 heteroatoms. The Morgan fingerprint density at radius 1 is 1.00 bits per heavy atom. The average Bonchev–Trinajstić information content (AvgIpc) is 0.811. The summed E-state index contributed by atoms with van der Waals surface area (Å²) in [5.41, 5.74) is 0. The molecule has 0 spiro atoms. The largest absolute Gasteiger partial charge is 0.0899 e. The molecular weight excluding hydrogens is 413 g/mol. The van der Waals surface area contributed by atoms with Crippen LogP contribution in [0.15, 0.2) is 0 Å². The molecule has 0 fully saturated rings. The molecule has 0 N–H and O–H groups in total. The van der Waals surface area contributed by atoms with Gasteiger partial charge in [-0.05, 0) is 63.6 Å². The molecule has 0 nitrogen and oxygen atoms in total. The van der Waals surface area contributed by atoms with E-state index in [9.17, 15) is 0 Å². The second-order valence-electron chi connectivity index (χ2n) is 0.192. The van der Waals surface area contributed by atoms with Crippen LogP contribution in [0, 0.1) is 0 Å². The third-order valence-electron chi connectivity index (χ3n) is 0. The second-order valence-corrected chi connectivity index (χ2v) is 25.9. The van der Waals surface area contributed by atoms with Crippen molar-refractivity contribution in [1.82, 2.24) is 0 Å². The van der Waals surface area contributed by atoms with Crippen LogP contribution in [0.3, 0.4) is 0 Å². The van der Waals surface area contributed by atoms with E-state index in [1.807, 2.05) is 0 Å². The first-order valence-electron chi connectivity index (χ1n) is 0.507. The van der Waals surface area contributed by atoms with Gasteiger partial charge in [-0.3, -0.25) is 0 Å². The number of thiol groups is 1. The van der Waals surface area contributed by atoms with Crippen molar-refractivity contribution in [3.05, 3.63) is 0 Å². The number of rotatable bonds is 0. The van der Waals surface area contributed by atoms with Gasteiger partial charge in [0.1, 0.15) is 0 Å². The van der Waals surface area contributed by atoms with Gasteiger partial charge in [0.15, 0.2) is 0 Å². The van der Waals surface area contributed by atoms with E-state index in [0.29, 0.717) is 0 Å². The highest BCUT2D eigenvalue weighted by Gasteiger charge is 1.68. The standard InChI is InChI=1S/HI3S/c1-4(2)3/h4H. The highest BCUT2D eigenvalue weighted by Crippen LogP contribution is 2.50. The predicted octanol–water partition coefficient (Wildman–Crippen LogP) is 3.04. The Hall–Kier alpha value is 2.54. The molecule has 0 bridgehead atoms. The number of hydrogen-bond acceptors (Lipinski definition) is 0. The molecule has 0 aliphatic rings. The summed E-state index contributed by atoms with van der Waals surface area (Å²) in [5, 5.41) is 0. The summed E-state index contributed by atoms with van der Waals surface area (Å²) in [6, 6.07) is 0. The Labute approximate surface area is 64.6 Å². The van der Waals surface area contributed by atoms with E-state index in [2.05, 4.69) is 63.6 Å². The molecule has 0 radical (unpaired) electrons. The molecule has 0 saturated carbocycles. The summed E-state index contributed by atoms with van der Waals surface area (Å²) in [6.45, 7) is 0. The summed E-state index contributed by atoms with van der Waals surface area (Å²) < 4.78 is 0.290. The predicted molar refractivity (Wildman–Crippen MR) is 51.0 cm³/mol. The van der Waals surface area contributed by atoms with Crippen LogP contribution in [0.2, 0.25) is 0 Å². The second kappa shape index (κ2) is 3.72. The highest BCUT2D eigenvalue weighted by atomic mass is 127. The van der Waals surface area contributed by atoms with E-state index in [1.54, 1.807) is 0 Å². The molecule has 0 amide bonds. The molecular formula is HI3S. The smallest absolute Gasteiger partial charge is 0.00807 e. The molecule has 0 aliphatic heterocycles. The van der Waals surface area contributed by atoms with Gasteiger partial charge in [-0.1, -0.05) is 2.41 Å². The van der Waals surface area contributed by atoms with Crippen molar-refractivity contribution in [3.8, 4) is 0 Å². The lowest BCUT2D eigenvalue weighted by Crippen LogP contribution is -0.968. The van der Waals surface area contributed by atoms with Crippen molar-refractivity contribution in [2.24, 2.45) is 0 Å². The third-order valence-corrected chi connectivity index (χ3v) is 0. The summed E-state index contributed by atoms with van der Waals surface area (Å²) in [4.78, 5) is 0. The first-order valence-corrected chi connectivity index (χ1v) is 10.2. The van der Waals surface area contributed by atoms with Gasteiger partial charge in [-0.25, -0.2) is 0 Å². The molecule has 28 valence electrons. The quantitative estimate of drug-likeness (QED) is 0.458. The van der Waals surface area contributed by atoms with E-state index in [0.717, 1.165) is 0 Å². The zero-order valence-electron chi connectivity index (χ0n) is 1.58. The van der Waals surface area contributed by atoms with Crippen LogP contribution in [0.5, 0.6) is 0 Å². The Morgan fingerprint density at radius 3 is 1.00 bits per heavy atom. The lowest BCUT2D eigenvalue weighted by atomic mass is 32.0. The van der Waals surface area contributed by atoms with Crippen molar-refractivity contribution < 1.29 is 0 Å². The molecule has 0 rings (SSSR count). The number of halogens is 3. The van der Waals surface area contributed by atoms with Crippen LogP contribution < -0.4 is 0 Å². The monoisotopic (exact) mass is 414 g/mol. The van der Waals surface area contributed by atoms with Crippen LogP contribution >= 0.6 is 66.0 Å². The topological polar surface area (TPSA) is 0 Å². The molecule has 0 aromatic rings. The summed E-state index contributed by atoms with van der Waals surface area (Å²) >= 11 is 7.14. The fraction of sp³-hybridized carbons (Fsp3) is 0. The molecule has 0 heterocycles. The normalized spacial score (nSPS) is 11.2. The molecule has 0 unspecified atom stereocenters. The van der Waals surface area contributed by atoms with Crippen molar-refractivity contribution in [2.45, 2.75) is 0 Å². The van der Waals surface area contributed by atoms with Crippen LogP contribution in [-0.4, -0.2) is 0 Å². The average molecular weight is 414 g/mol. The summed E-state index contributed by atoms with van der Waals surface area (Å²) in [6.07, 6.45) is 0. The Kier molecular flexibility index (Phi) is 6.08. The van der Waals surface area contributed by atoms with Gasteiger partial charge in [-0.2, -0.15) is 0 Å². The van der Waals surface area contributed by atoms with E-state index in [4.69, 9.17) is 0 Å². The van der Waals surface area contributed by atoms with Gasteiger partial charge in [0, 0.05) is 0 Å². The first kappa shape index (κ1) is 6.54. The Bertz CT molecular complexity index is 8.00. The van der Waals surface area contributed by atoms with Gasteiger partial charge in [-0.15, -0.1) is 0 Å². The van der Waals surface area contributed by atoms with E-state index in [1.165, 1.54) is 0 Å². The number of hydrogen-bond donors (Lipinski definition) is 1. The van der Waals surface area contributed by atoms with Crippen molar-refractivity contribution in [1.29, 1.82) is 0 Å². The van der Waals surface area contributed by atoms with Crippen molar-refractivity contribution in [2.75, 3.05) is 0 Å². The van der Waals surface area contributed by atoms with E-state index < -0.39 is 0 Å². The maximum Gasteiger partial charge on any atom is -0.00807 e. The van der Waals surface area contributed by atoms with Crippen LogP contribution in [0.1, 0.15) is 0 Å². The molecule has 0 aromatic carbocycles.